The molecular weight excluding hydrogens is 282 g/mol. The van der Waals surface area contributed by atoms with Crippen LogP contribution in [0.2, 0.25) is 0 Å². The smallest absolute Gasteiger partial charge is 0.258 e. The van der Waals surface area contributed by atoms with Crippen LogP contribution < -0.4 is 11.3 Å². The first kappa shape index (κ1) is 13.7. The van der Waals surface area contributed by atoms with E-state index in [0.717, 1.165) is 16.1 Å². The predicted molar refractivity (Wildman–Crippen MR) is 87.5 cm³/mol. The number of para-hydroxylation sites is 1. The number of fused-ring (bicyclic) bond motifs is 1. The zero-order valence-electron chi connectivity index (χ0n) is 11.6. The van der Waals surface area contributed by atoms with Crippen LogP contribution in [0.1, 0.15) is 11.4 Å². The number of H-pyrrole nitrogens is 1. The first-order valence-electron chi connectivity index (χ1n) is 6.60. The molecule has 0 atom stereocenters. The standard InChI is InChI=1S/C16H15N3OS/c1-10-6-7-12(17)14(8-10)21-9-15-18-13-5-3-2-4-11(13)16(20)19-15/h2-8H,9,17H2,1H3,(H,18,19,20). The van der Waals surface area contributed by atoms with Gasteiger partial charge in [-0.15, -0.1) is 11.8 Å². The second kappa shape index (κ2) is 5.61. The molecule has 3 N–H and O–H groups in total. The Morgan fingerprint density at radius 2 is 2.05 bits per heavy atom. The molecule has 1 heterocycles. The summed E-state index contributed by atoms with van der Waals surface area (Å²) < 4.78 is 0. The summed E-state index contributed by atoms with van der Waals surface area (Å²) in [5, 5.41) is 0.612. The number of nitrogens with zero attached hydrogens (tertiary/aromatic N) is 1. The maximum Gasteiger partial charge on any atom is 0.258 e. The molecule has 3 aromatic rings. The van der Waals surface area contributed by atoms with Crippen molar-refractivity contribution < 1.29 is 0 Å². The first-order valence-corrected chi connectivity index (χ1v) is 7.59. The van der Waals surface area contributed by atoms with Crippen LogP contribution in [0.25, 0.3) is 10.9 Å². The van der Waals surface area contributed by atoms with E-state index < -0.39 is 0 Å². The second-order valence-electron chi connectivity index (χ2n) is 4.86. The van der Waals surface area contributed by atoms with Crippen LogP contribution in [0.4, 0.5) is 5.69 Å². The Labute approximate surface area is 126 Å². The molecule has 106 valence electrons. The first-order chi connectivity index (χ1) is 10.1. The molecule has 0 radical (unpaired) electrons. The minimum atomic E-state index is -0.103. The summed E-state index contributed by atoms with van der Waals surface area (Å²) in [6, 6.07) is 13.3. The monoisotopic (exact) mass is 297 g/mol. The average molecular weight is 297 g/mol. The Morgan fingerprint density at radius 3 is 2.90 bits per heavy atom. The van der Waals surface area contributed by atoms with Crippen molar-refractivity contribution in [3.05, 3.63) is 64.2 Å². The van der Waals surface area contributed by atoms with Crippen molar-refractivity contribution in [2.75, 3.05) is 5.73 Å². The molecule has 0 bridgehead atoms. The SMILES string of the molecule is Cc1ccc(N)c(SCc2nc3ccccc3c(=O)[nH]2)c1. The molecule has 0 saturated heterocycles. The fourth-order valence-electron chi connectivity index (χ4n) is 2.12. The van der Waals surface area contributed by atoms with Crippen molar-refractivity contribution in [1.82, 2.24) is 9.97 Å². The van der Waals surface area contributed by atoms with Crippen LogP contribution >= 0.6 is 11.8 Å². The maximum absolute atomic E-state index is 12.0. The highest BCUT2D eigenvalue weighted by atomic mass is 32.2. The molecular formula is C16H15N3OS. The number of aryl methyl sites for hydroxylation is 1. The van der Waals surface area contributed by atoms with Gasteiger partial charge in [0.2, 0.25) is 0 Å². The second-order valence-corrected chi connectivity index (χ2v) is 5.88. The topological polar surface area (TPSA) is 71.8 Å². The van der Waals surface area contributed by atoms with Crippen LogP contribution in [0.3, 0.4) is 0 Å². The van der Waals surface area contributed by atoms with Crippen molar-refractivity contribution in [1.29, 1.82) is 0 Å². The fraction of sp³-hybridized carbons (Fsp3) is 0.125. The van der Waals surface area contributed by atoms with Gasteiger partial charge in [-0.2, -0.15) is 0 Å². The molecule has 21 heavy (non-hydrogen) atoms. The summed E-state index contributed by atoms with van der Waals surface area (Å²) in [6.45, 7) is 2.03. The zero-order chi connectivity index (χ0) is 14.8. The summed E-state index contributed by atoms with van der Waals surface area (Å²) in [5.74, 6) is 1.23. The van der Waals surface area contributed by atoms with E-state index >= 15 is 0 Å². The van der Waals surface area contributed by atoms with E-state index in [9.17, 15) is 4.79 Å². The highest BCUT2D eigenvalue weighted by Gasteiger charge is 2.06. The summed E-state index contributed by atoms with van der Waals surface area (Å²) >= 11 is 1.57. The van der Waals surface area contributed by atoms with Crippen LogP contribution in [-0.2, 0) is 5.75 Å². The van der Waals surface area contributed by atoms with Gasteiger partial charge >= 0.3 is 0 Å². The Morgan fingerprint density at radius 1 is 1.24 bits per heavy atom. The van der Waals surface area contributed by atoms with Gasteiger partial charge in [0, 0.05) is 10.6 Å². The number of hydrogen-bond acceptors (Lipinski definition) is 4. The van der Waals surface area contributed by atoms with Crippen LogP contribution in [0.15, 0.2) is 52.2 Å². The van der Waals surface area contributed by atoms with E-state index in [4.69, 9.17) is 5.73 Å². The van der Waals surface area contributed by atoms with Gasteiger partial charge in [-0.1, -0.05) is 18.2 Å². The number of nitrogens with two attached hydrogens (primary N) is 1. The Balaban J connectivity index is 1.88. The van der Waals surface area contributed by atoms with Gasteiger partial charge in [-0.05, 0) is 36.8 Å². The van der Waals surface area contributed by atoms with Gasteiger partial charge in [0.15, 0.2) is 0 Å². The molecule has 0 aliphatic carbocycles. The van der Waals surface area contributed by atoms with E-state index in [0.29, 0.717) is 22.5 Å². The quantitative estimate of drug-likeness (QED) is 0.575. The number of hydrogen-bond donors (Lipinski definition) is 2. The molecule has 4 nitrogen and oxygen atoms in total. The summed E-state index contributed by atoms with van der Waals surface area (Å²) in [5.41, 5.74) is 8.48. The third-order valence-electron chi connectivity index (χ3n) is 3.20. The van der Waals surface area contributed by atoms with E-state index in [1.54, 1.807) is 17.8 Å². The zero-order valence-corrected chi connectivity index (χ0v) is 12.4. The molecule has 2 aromatic carbocycles. The lowest BCUT2D eigenvalue weighted by atomic mass is 10.2. The Bertz CT molecular complexity index is 858. The van der Waals surface area contributed by atoms with Crippen molar-refractivity contribution in [2.24, 2.45) is 0 Å². The molecule has 0 saturated carbocycles. The summed E-state index contributed by atoms with van der Waals surface area (Å²) in [6.07, 6.45) is 0. The highest BCUT2D eigenvalue weighted by Crippen LogP contribution is 2.28. The van der Waals surface area contributed by atoms with Gasteiger partial charge in [-0.3, -0.25) is 4.79 Å². The Kier molecular flexibility index (Phi) is 3.66. The third kappa shape index (κ3) is 2.92. The van der Waals surface area contributed by atoms with Crippen molar-refractivity contribution in [3.8, 4) is 0 Å². The third-order valence-corrected chi connectivity index (χ3v) is 4.28. The van der Waals surface area contributed by atoms with Gasteiger partial charge in [0.05, 0.1) is 16.7 Å². The van der Waals surface area contributed by atoms with Crippen LogP contribution in [-0.4, -0.2) is 9.97 Å². The number of thioether (sulfide) groups is 1. The number of rotatable bonds is 3. The minimum absolute atomic E-state index is 0.103. The molecule has 0 aliphatic rings. The summed E-state index contributed by atoms with van der Waals surface area (Å²) in [7, 11) is 0. The normalized spacial score (nSPS) is 10.9. The van der Waals surface area contributed by atoms with Gasteiger partial charge in [0.1, 0.15) is 5.82 Å². The van der Waals surface area contributed by atoms with Crippen LogP contribution in [0.5, 0.6) is 0 Å². The molecule has 1 aromatic heterocycles. The lowest BCUT2D eigenvalue weighted by molar-refractivity contribution is 1.04. The molecule has 5 heteroatoms. The molecule has 0 aliphatic heterocycles. The van der Waals surface area contributed by atoms with Crippen molar-refractivity contribution in [2.45, 2.75) is 17.6 Å². The van der Waals surface area contributed by atoms with Crippen molar-refractivity contribution >= 4 is 28.4 Å². The average Bonchev–Trinajstić information content (AvgIpc) is 2.48. The number of nitrogens with one attached hydrogen (secondary N) is 1. The molecule has 0 spiro atoms. The van der Waals surface area contributed by atoms with Crippen molar-refractivity contribution in [3.63, 3.8) is 0 Å². The highest BCUT2D eigenvalue weighted by molar-refractivity contribution is 7.98. The molecule has 3 rings (SSSR count). The lowest BCUT2D eigenvalue weighted by Crippen LogP contribution is -2.11. The van der Waals surface area contributed by atoms with Gasteiger partial charge in [-0.25, -0.2) is 4.98 Å². The number of nitrogen functional groups attached to an aromatic ring is 1. The minimum Gasteiger partial charge on any atom is -0.398 e. The number of anilines is 1. The lowest BCUT2D eigenvalue weighted by Gasteiger charge is -2.07. The van der Waals surface area contributed by atoms with E-state index in [-0.39, 0.29) is 5.56 Å². The van der Waals surface area contributed by atoms with Gasteiger partial charge in [0.25, 0.3) is 5.56 Å². The fourth-order valence-corrected chi connectivity index (χ4v) is 3.05. The molecule has 0 fully saturated rings. The van der Waals surface area contributed by atoms with E-state index in [1.165, 1.54) is 0 Å². The molecule has 0 unspecified atom stereocenters. The maximum atomic E-state index is 12.0. The number of benzene rings is 2. The number of aromatic nitrogens is 2. The van der Waals surface area contributed by atoms with E-state index in [1.807, 2.05) is 43.3 Å². The molecule has 0 amide bonds. The summed E-state index contributed by atoms with van der Waals surface area (Å²) in [4.78, 5) is 20.3. The van der Waals surface area contributed by atoms with Crippen LogP contribution in [0, 0.1) is 6.92 Å². The predicted octanol–water partition coefficient (Wildman–Crippen LogP) is 3.11. The largest absolute Gasteiger partial charge is 0.398 e. The van der Waals surface area contributed by atoms with E-state index in [2.05, 4.69) is 9.97 Å². The van der Waals surface area contributed by atoms with Gasteiger partial charge < -0.3 is 10.7 Å². The Hall–Kier alpha value is -2.27. The number of aromatic amines is 1.